The molecule has 0 aliphatic rings. The summed E-state index contributed by atoms with van der Waals surface area (Å²) in [7, 11) is 0. The van der Waals surface area contributed by atoms with Gasteiger partial charge in [0.2, 0.25) is 0 Å². The van der Waals surface area contributed by atoms with Crippen LogP contribution < -0.4 is 0 Å². The smallest absolute Gasteiger partial charge is 0.0675 e. The van der Waals surface area contributed by atoms with Crippen molar-refractivity contribution in [1.82, 2.24) is 0 Å². The van der Waals surface area contributed by atoms with Gasteiger partial charge in [0.1, 0.15) is 0 Å². The fourth-order valence-electron chi connectivity index (χ4n) is 1.58. The molecule has 2 nitrogen and oxygen atoms in total. The van der Waals surface area contributed by atoms with Gasteiger partial charge in [0.25, 0.3) is 0 Å². The van der Waals surface area contributed by atoms with Crippen LogP contribution in [0.15, 0.2) is 29.3 Å². The van der Waals surface area contributed by atoms with Crippen molar-refractivity contribution in [3.05, 3.63) is 35.4 Å². The van der Waals surface area contributed by atoms with Gasteiger partial charge < -0.3 is 0 Å². The third-order valence-corrected chi connectivity index (χ3v) is 2.43. The fourth-order valence-corrected chi connectivity index (χ4v) is 1.58. The van der Waals surface area contributed by atoms with Crippen LogP contribution in [0.5, 0.6) is 0 Å². The van der Waals surface area contributed by atoms with Crippen LogP contribution in [0.3, 0.4) is 0 Å². The van der Waals surface area contributed by atoms with Gasteiger partial charge in [-0.3, -0.25) is 4.99 Å². The van der Waals surface area contributed by atoms with E-state index in [1.807, 2.05) is 18.3 Å². The van der Waals surface area contributed by atoms with Gasteiger partial charge in [-0.25, -0.2) is 0 Å². The molecule has 0 fully saturated rings. The van der Waals surface area contributed by atoms with Crippen LogP contribution in [-0.4, -0.2) is 12.8 Å². The molecule has 1 atom stereocenters. The molecule has 0 N–H and O–H groups in total. The van der Waals surface area contributed by atoms with Crippen LogP contribution in [0, 0.1) is 24.2 Å². The molecule has 0 heterocycles. The maximum Gasteiger partial charge on any atom is 0.0675 e. The molecule has 1 aromatic rings. The van der Waals surface area contributed by atoms with Crippen LogP contribution in [0.25, 0.3) is 0 Å². The Morgan fingerprint density at radius 3 is 2.94 bits per heavy atom. The largest absolute Gasteiger partial charge is 0.291 e. The summed E-state index contributed by atoms with van der Waals surface area (Å²) in [6.07, 6.45) is 3.83. The summed E-state index contributed by atoms with van der Waals surface area (Å²) in [5.74, 6) is 0.0612. The summed E-state index contributed by atoms with van der Waals surface area (Å²) in [4.78, 5) is 4.32. The summed E-state index contributed by atoms with van der Waals surface area (Å²) < 4.78 is 0. The first-order chi connectivity index (χ1) is 7.76. The molecule has 1 rings (SSSR count). The second-order valence-electron chi connectivity index (χ2n) is 4.02. The standard InChI is InChI=1S/C14H18N2/c1-3-5-14(9-15)11-16-10-13-7-4-6-12(2)8-13/h4,6-8,10,14H,3,5,11H2,1-2H3/b16-10+. The van der Waals surface area contributed by atoms with Gasteiger partial charge in [-0.05, 0) is 18.9 Å². The number of nitrogens with zero attached hydrogens (tertiary/aromatic N) is 2. The summed E-state index contributed by atoms with van der Waals surface area (Å²) >= 11 is 0. The Labute approximate surface area is 97.6 Å². The molecule has 0 radical (unpaired) electrons. The molecule has 0 bridgehead atoms. The van der Waals surface area contributed by atoms with Crippen LogP contribution in [-0.2, 0) is 0 Å². The number of nitriles is 1. The van der Waals surface area contributed by atoms with E-state index in [-0.39, 0.29) is 5.92 Å². The predicted molar refractivity (Wildman–Crippen MR) is 67.7 cm³/mol. The molecule has 16 heavy (non-hydrogen) atoms. The predicted octanol–water partition coefficient (Wildman–Crippen LogP) is 3.35. The number of aliphatic imine (C=N–C) groups is 1. The van der Waals surface area contributed by atoms with Gasteiger partial charge in [0, 0.05) is 6.21 Å². The summed E-state index contributed by atoms with van der Waals surface area (Å²) in [5.41, 5.74) is 2.34. The maximum absolute atomic E-state index is 8.87. The van der Waals surface area contributed by atoms with Crippen molar-refractivity contribution in [3.63, 3.8) is 0 Å². The van der Waals surface area contributed by atoms with Crippen molar-refractivity contribution in [1.29, 1.82) is 5.26 Å². The Morgan fingerprint density at radius 1 is 1.50 bits per heavy atom. The third-order valence-electron chi connectivity index (χ3n) is 2.43. The monoisotopic (exact) mass is 214 g/mol. The molecule has 0 saturated heterocycles. The molecule has 0 aliphatic carbocycles. The number of benzene rings is 1. The molecular formula is C14H18N2. The lowest BCUT2D eigenvalue weighted by atomic mass is 10.1. The average molecular weight is 214 g/mol. The molecule has 1 unspecified atom stereocenters. The molecule has 1 aromatic carbocycles. The van der Waals surface area contributed by atoms with Crippen molar-refractivity contribution >= 4 is 6.21 Å². The summed E-state index contributed by atoms with van der Waals surface area (Å²) in [6, 6.07) is 10.5. The van der Waals surface area contributed by atoms with Crippen molar-refractivity contribution in [2.24, 2.45) is 10.9 Å². The zero-order chi connectivity index (χ0) is 11.8. The second kappa shape index (κ2) is 6.79. The van der Waals surface area contributed by atoms with Crippen molar-refractivity contribution < 1.29 is 0 Å². The Balaban J connectivity index is 2.51. The lowest BCUT2D eigenvalue weighted by Crippen LogP contribution is -2.01. The van der Waals surface area contributed by atoms with Crippen LogP contribution in [0.1, 0.15) is 30.9 Å². The Morgan fingerprint density at radius 2 is 2.31 bits per heavy atom. The Hall–Kier alpha value is -1.62. The molecule has 0 aliphatic heterocycles. The van der Waals surface area contributed by atoms with E-state index in [1.165, 1.54) is 5.56 Å². The highest BCUT2D eigenvalue weighted by atomic mass is 14.7. The highest BCUT2D eigenvalue weighted by molar-refractivity contribution is 5.79. The molecule has 0 amide bonds. The van der Waals surface area contributed by atoms with E-state index in [9.17, 15) is 0 Å². The van der Waals surface area contributed by atoms with Crippen molar-refractivity contribution in [2.45, 2.75) is 26.7 Å². The van der Waals surface area contributed by atoms with Gasteiger partial charge in [0.05, 0.1) is 18.5 Å². The van der Waals surface area contributed by atoms with E-state index in [2.05, 4.69) is 37.0 Å². The average Bonchev–Trinajstić information content (AvgIpc) is 2.28. The lowest BCUT2D eigenvalue weighted by Gasteiger charge is -2.02. The zero-order valence-corrected chi connectivity index (χ0v) is 9.98. The minimum atomic E-state index is 0.0612. The number of hydrogen-bond acceptors (Lipinski definition) is 2. The maximum atomic E-state index is 8.87. The first-order valence-electron chi connectivity index (χ1n) is 5.72. The number of aryl methyl sites for hydroxylation is 1. The quantitative estimate of drug-likeness (QED) is 0.692. The molecule has 0 saturated carbocycles. The first kappa shape index (κ1) is 12.4. The van der Waals surface area contributed by atoms with Crippen LogP contribution >= 0.6 is 0 Å². The SMILES string of the molecule is CCCC(C#N)C/N=C/c1cccc(C)c1. The van der Waals surface area contributed by atoms with Gasteiger partial charge in [-0.1, -0.05) is 43.2 Å². The van der Waals surface area contributed by atoms with Gasteiger partial charge >= 0.3 is 0 Å². The van der Waals surface area contributed by atoms with E-state index < -0.39 is 0 Å². The van der Waals surface area contributed by atoms with Crippen LogP contribution in [0.2, 0.25) is 0 Å². The fraction of sp³-hybridized carbons (Fsp3) is 0.429. The van der Waals surface area contributed by atoms with E-state index in [0.29, 0.717) is 6.54 Å². The van der Waals surface area contributed by atoms with Gasteiger partial charge in [-0.15, -0.1) is 0 Å². The zero-order valence-electron chi connectivity index (χ0n) is 9.98. The van der Waals surface area contributed by atoms with E-state index in [0.717, 1.165) is 18.4 Å². The Kier molecular flexibility index (Phi) is 5.28. The normalized spacial score (nSPS) is 12.6. The van der Waals surface area contributed by atoms with E-state index >= 15 is 0 Å². The van der Waals surface area contributed by atoms with E-state index in [4.69, 9.17) is 5.26 Å². The van der Waals surface area contributed by atoms with Crippen molar-refractivity contribution in [2.75, 3.05) is 6.54 Å². The number of hydrogen-bond donors (Lipinski definition) is 0. The van der Waals surface area contributed by atoms with Gasteiger partial charge in [0.15, 0.2) is 0 Å². The third kappa shape index (κ3) is 4.27. The highest BCUT2D eigenvalue weighted by Crippen LogP contribution is 2.06. The van der Waals surface area contributed by atoms with E-state index in [1.54, 1.807) is 0 Å². The molecule has 84 valence electrons. The molecule has 0 spiro atoms. The minimum Gasteiger partial charge on any atom is -0.291 e. The summed E-state index contributed by atoms with van der Waals surface area (Å²) in [5, 5.41) is 8.87. The summed E-state index contributed by atoms with van der Waals surface area (Å²) in [6.45, 7) is 4.76. The minimum absolute atomic E-state index is 0.0612. The molecule has 0 aromatic heterocycles. The Bertz CT molecular complexity index is 388. The number of rotatable bonds is 5. The topological polar surface area (TPSA) is 36.1 Å². The van der Waals surface area contributed by atoms with Crippen LogP contribution in [0.4, 0.5) is 0 Å². The first-order valence-corrected chi connectivity index (χ1v) is 5.72. The van der Waals surface area contributed by atoms with Crippen molar-refractivity contribution in [3.8, 4) is 6.07 Å². The molecular weight excluding hydrogens is 196 g/mol. The highest BCUT2D eigenvalue weighted by Gasteiger charge is 2.03. The molecule has 2 heteroatoms. The second-order valence-corrected chi connectivity index (χ2v) is 4.02. The van der Waals surface area contributed by atoms with Gasteiger partial charge in [-0.2, -0.15) is 5.26 Å². The lowest BCUT2D eigenvalue weighted by molar-refractivity contribution is 0.605.